The van der Waals surface area contributed by atoms with E-state index in [9.17, 15) is 0 Å². The molecule has 0 fully saturated rings. The predicted molar refractivity (Wildman–Crippen MR) is 252 cm³/mol. The zero-order valence-corrected chi connectivity index (χ0v) is 34.9. The maximum absolute atomic E-state index is 2.51. The van der Waals surface area contributed by atoms with Gasteiger partial charge in [0, 0.05) is 51.4 Å². The number of nitrogens with zero attached hydrogens (tertiary/aromatic N) is 2. The lowest BCUT2D eigenvalue weighted by Gasteiger charge is -2.36. The average Bonchev–Trinajstić information content (AvgIpc) is 3.64. The van der Waals surface area contributed by atoms with Gasteiger partial charge in [-0.1, -0.05) is 149 Å². The van der Waals surface area contributed by atoms with Crippen molar-refractivity contribution in [3.8, 4) is 22.3 Å². The molecule has 7 aromatic carbocycles. The molecule has 0 N–H and O–H groups in total. The Balaban J connectivity index is 0.844. The Morgan fingerprint density at radius 3 is 1.42 bits per heavy atom. The van der Waals surface area contributed by atoms with E-state index in [2.05, 4.69) is 207 Å². The maximum atomic E-state index is 2.51. The van der Waals surface area contributed by atoms with Crippen LogP contribution in [0.4, 0.5) is 28.4 Å². The highest BCUT2D eigenvalue weighted by atomic mass is 15.2. The minimum Gasteiger partial charge on any atom is -0.310 e. The number of fused-ring (bicyclic) bond motifs is 9. The third-order valence-corrected chi connectivity index (χ3v) is 14.3. The largest absolute Gasteiger partial charge is 0.310 e. The number of benzene rings is 7. The van der Waals surface area contributed by atoms with E-state index in [0.29, 0.717) is 0 Å². The normalized spacial score (nSPS) is 17.1. The molecule has 2 heterocycles. The van der Waals surface area contributed by atoms with Crippen molar-refractivity contribution in [3.63, 3.8) is 0 Å². The lowest BCUT2D eigenvalue weighted by Crippen LogP contribution is -2.25. The minimum atomic E-state index is -0.136. The van der Waals surface area contributed by atoms with Gasteiger partial charge in [0.25, 0.3) is 0 Å². The molecule has 290 valence electrons. The van der Waals surface area contributed by atoms with E-state index >= 15 is 0 Å². The van der Waals surface area contributed by atoms with Gasteiger partial charge in [0.1, 0.15) is 0 Å². The van der Waals surface area contributed by atoms with Crippen molar-refractivity contribution < 1.29 is 0 Å². The molecule has 0 unspecified atom stereocenters. The van der Waals surface area contributed by atoms with Crippen molar-refractivity contribution in [1.82, 2.24) is 0 Å². The van der Waals surface area contributed by atoms with E-state index in [0.717, 1.165) is 25.7 Å². The maximum Gasteiger partial charge on any atom is 0.0497 e. The highest BCUT2D eigenvalue weighted by Gasteiger charge is 2.38. The van der Waals surface area contributed by atoms with Gasteiger partial charge >= 0.3 is 0 Å². The molecule has 0 radical (unpaired) electrons. The van der Waals surface area contributed by atoms with Gasteiger partial charge in [-0.3, -0.25) is 0 Å². The summed E-state index contributed by atoms with van der Waals surface area (Å²) in [4.78, 5) is 4.98. The fourth-order valence-corrected chi connectivity index (χ4v) is 11.2. The molecule has 5 aliphatic rings. The summed E-state index contributed by atoms with van der Waals surface area (Å²) in [6, 6.07) is 55.1. The van der Waals surface area contributed by atoms with Crippen LogP contribution in [0.1, 0.15) is 90.6 Å². The van der Waals surface area contributed by atoms with Crippen LogP contribution in [0.5, 0.6) is 0 Å². The number of hydrogen-bond donors (Lipinski definition) is 0. The lowest BCUT2D eigenvalue weighted by molar-refractivity contribution is 0.660. The van der Waals surface area contributed by atoms with Crippen LogP contribution >= 0.6 is 0 Å². The molecule has 0 bridgehead atoms. The molecule has 0 saturated carbocycles. The van der Waals surface area contributed by atoms with Gasteiger partial charge in [0.05, 0.1) is 0 Å². The van der Waals surface area contributed by atoms with Crippen molar-refractivity contribution in [2.45, 2.75) is 64.2 Å². The van der Waals surface area contributed by atoms with Crippen LogP contribution < -0.4 is 9.80 Å². The molecule has 12 rings (SSSR count). The summed E-state index contributed by atoms with van der Waals surface area (Å²) < 4.78 is 0. The van der Waals surface area contributed by atoms with Crippen molar-refractivity contribution >= 4 is 40.6 Å². The standard InChI is InChI=1S/C58H48N2/c1-57(2)49-31-37(23-27-45(49)47-29-25-43(35-51(47)57)59-53-17-9-5-13-39(53)33-40-14-6-10-18-54(40)59)21-22-38-24-28-46-48-30-26-44(36-52(48)58(3,4)50(46)32-38)60-55-19-11-7-15-41(55)34-42-16-8-12-20-56(42)60/h5-7,9-15,17-32,35-36H,8,16,33-34H2,1-4H3/b22-21+. The van der Waals surface area contributed by atoms with E-state index in [4.69, 9.17) is 0 Å². The van der Waals surface area contributed by atoms with E-state index in [1.54, 1.807) is 5.57 Å². The molecule has 0 amide bonds. The van der Waals surface area contributed by atoms with Crippen molar-refractivity contribution in [2.24, 2.45) is 0 Å². The van der Waals surface area contributed by atoms with Gasteiger partial charge in [-0.05, 0) is 146 Å². The quantitative estimate of drug-likeness (QED) is 0.164. The van der Waals surface area contributed by atoms with Crippen molar-refractivity contribution in [1.29, 1.82) is 0 Å². The molecule has 2 aliphatic heterocycles. The Labute approximate surface area is 354 Å². The summed E-state index contributed by atoms with van der Waals surface area (Å²) in [5, 5.41) is 0. The predicted octanol–water partition coefficient (Wildman–Crippen LogP) is 15.1. The Kier molecular flexibility index (Phi) is 7.61. The molecule has 2 nitrogen and oxygen atoms in total. The first kappa shape index (κ1) is 35.3. The molecule has 0 saturated heterocycles. The molecule has 60 heavy (non-hydrogen) atoms. The Morgan fingerprint density at radius 2 is 0.883 bits per heavy atom. The monoisotopic (exact) mass is 772 g/mol. The third kappa shape index (κ3) is 5.19. The van der Waals surface area contributed by atoms with E-state index < -0.39 is 0 Å². The van der Waals surface area contributed by atoms with Crippen LogP contribution in [-0.2, 0) is 23.7 Å². The van der Waals surface area contributed by atoms with Gasteiger partial charge in [-0.2, -0.15) is 0 Å². The first-order valence-electron chi connectivity index (χ1n) is 21.7. The van der Waals surface area contributed by atoms with E-state index in [1.807, 2.05) is 0 Å². The number of hydrogen-bond acceptors (Lipinski definition) is 2. The van der Waals surface area contributed by atoms with Crippen LogP contribution in [0.15, 0.2) is 169 Å². The van der Waals surface area contributed by atoms with Crippen LogP contribution in [0.25, 0.3) is 34.4 Å². The average molecular weight is 773 g/mol. The number of allylic oxidation sites excluding steroid dienone is 3. The molecule has 0 spiro atoms. The summed E-state index contributed by atoms with van der Waals surface area (Å²) in [6.45, 7) is 9.59. The molecule has 7 aromatic rings. The minimum absolute atomic E-state index is 0.125. The second-order valence-corrected chi connectivity index (χ2v) is 18.5. The van der Waals surface area contributed by atoms with Crippen molar-refractivity contribution in [3.05, 3.63) is 219 Å². The molecule has 3 aliphatic carbocycles. The third-order valence-electron chi connectivity index (χ3n) is 14.3. The number of anilines is 5. The molecule has 2 heteroatoms. The van der Waals surface area contributed by atoms with E-state index in [-0.39, 0.29) is 10.8 Å². The zero-order valence-electron chi connectivity index (χ0n) is 34.9. The van der Waals surface area contributed by atoms with Crippen LogP contribution in [0, 0.1) is 0 Å². The topological polar surface area (TPSA) is 6.48 Å². The Bertz CT molecular complexity index is 3010. The van der Waals surface area contributed by atoms with Crippen molar-refractivity contribution in [2.75, 3.05) is 9.80 Å². The van der Waals surface area contributed by atoms with Crippen LogP contribution in [-0.4, -0.2) is 0 Å². The van der Waals surface area contributed by atoms with Gasteiger partial charge in [-0.25, -0.2) is 0 Å². The highest BCUT2D eigenvalue weighted by Crippen LogP contribution is 2.54. The summed E-state index contributed by atoms with van der Waals surface area (Å²) in [5.74, 6) is 0. The molecular weight excluding hydrogens is 725 g/mol. The summed E-state index contributed by atoms with van der Waals surface area (Å²) in [5.41, 5.74) is 26.6. The van der Waals surface area contributed by atoms with Gasteiger partial charge < -0.3 is 9.80 Å². The Hall–Kier alpha value is -6.64. The number of para-hydroxylation sites is 3. The first-order chi connectivity index (χ1) is 29.2. The fourth-order valence-electron chi connectivity index (χ4n) is 11.2. The molecule has 0 aromatic heterocycles. The van der Waals surface area contributed by atoms with Gasteiger partial charge in [0.15, 0.2) is 0 Å². The second kappa shape index (κ2) is 12.9. The fraction of sp³-hybridized carbons (Fsp3) is 0.172. The van der Waals surface area contributed by atoms with E-state index in [1.165, 1.54) is 106 Å². The first-order valence-corrected chi connectivity index (χ1v) is 21.7. The summed E-state index contributed by atoms with van der Waals surface area (Å²) >= 11 is 0. The van der Waals surface area contributed by atoms with Crippen LogP contribution in [0.3, 0.4) is 0 Å². The molecular formula is C58H48N2. The zero-order chi connectivity index (χ0) is 40.3. The lowest BCUT2D eigenvalue weighted by atomic mass is 9.81. The second-order valence-electron chi connectivity index (χ2n) is 18.5. The summed E-state index contributed by atoms with van der Waals surface area (Å²) in [6.07, 6.45) is 13.6. The molecule has 0 atom stereocenters. The Morgan fingerprint density at radius 1 is 0.450 bits per heavy atom. The number of rotatable bonds is 4. The SMILES string of the molecule is CC1(C)c2cc(/C=C/c3ccc4c(c3)C(C)(C)c3cc(N5c6ccccc6Cc6ccccc65)ccc3-4)ccc2-c2ccc(N3C4=C(CCC=C4)Cc4ccccc43)cc21. The van der Waals surface area contributed by atoms with Gasteiger partial charge in [0.2, 0.25) is 0 Å². The summed E-state index contributed by atoms with van der Waals surface area (Å²) in [7, 11) is 0. The highest BCUT2D eigenvalue weighted by molar-refractivity contribution is 5.90. The van der Waals surface area contributed by atoms with Gasteiger partial charge in [-0.15, -0.1) is 0 Å². The smallest absolute Gasteiger partial charge is 0.0497 e. The van der Waals surface area contributed by atoms with Crippen LogP contribution in [0.2, 0.25) is 0 Å².